The lowest BCUT2D eigenvalue weighted by Gasteiger charge is -2.18. The lowest BCUT2D eigenvalue weighted by molar-refractivity contribution is 0.453. The van der Waals surface area contributed by atoms with Crippen LogP contribution in [0.25, 0.3) is 10.9 Å². The zero-order valence-corrected chi connectivity index (χ0v) is 12.1. The van der Waals surface area contributed by atoms with Gasteiger partial charge < -0.3 is 5.73 Å². The van der Waals surface area contributed by atoms with Gasteiger partial charge in [-0.3, -0.25) is 4.98 Å². The average Bonchev–Trinajstić information content (AvgIpc) is 3.23. The zero-order chi connectivity index (χ0) is 14.3. The van der Waals surface area contributed by atoms with Gasteiger partial charge in [-0.05, 0) is 43.0 Å². The summed E-state index contributed by atoms with van der Waals surface area (Å²) in [5, 5.41) is 0.674. The van der Waals surface area contributed by atoms with Crippen LogP contribution in [0.4, 0.5) is 5.69 Å². The van der Waals surface area contributed by atoms with Gasteiger partial charge in [0.15, 0.2) is 0 Å². The minimum Gasteiger partial charge on any atom is -0.398 e. The predicted molar refractivity (Wildman–Crippen MR) is 78.7 cm³/mol. The van der Waals surface area contributed by atoms with Gasteiger partial charge in [0, 0.05) is 30.9 Å². The van der Waals surface area contributed by atoms with Crippen LogP contribution in [0.1, 0.15) is 12.8 Å². The smallest absolute Gasteiger partial charge is 0.244 e. The number of nitrogen functional groups attached to an aromatic ring is 1. The quantitative estimate of drug-likeness (QED) is 0.872. The second-order valence-corrected chi connectivity index (χ2v) is 7.29. The summed E-state index contributed by atoms with van der Waals surface area (Å²) in [7, 11) is -1.90. The van der Waals surface area contributed by atoms with Crippen molar-refractivity contribution >= 4 is 26.6 Å². The Labute approximate surface area is 118 Å². The van der Waals surface area contributed by atoms with Crippen LogP contribution in [0.15, 0.2) is 35.4 Å². The fourth-order valence-electron chi connectivity index (χ4n) is 2.31. The molecule has 0 radical (unpaired) electrons. The molecule has 20 heavy (non-hydrogen) atoms. The van der Waals surface area contributed by atoms with E-state index in [1.165, 1.54) is 4.31 Å². The number of hydrogen-bond acceptors (Lipinski definition) is 4. The molecule has 1 fully saturated rings. The van der Waals surface area contributed by atoms with Crippen LogP contribution in [-0.4, -0.2) is 31.3 Å². The molecule has 1 aromatic carbocycles. The fraction of sp³-hybridized carbons (Fsp3) is 0.357. The standard InChI is InChI=1S/C14H17N3O2S/c1-17(9-10-4-5-10)20(18,19)13-7-6-12(15)11-3-2-8-16-14(11)13/h2-3,6-8,10H,4-5,9,15H2,1H3. The van der Waals surface area contributed by atoms with Gasteiger partial charge in [0.2, 0.25) is 10.0 Å². The van der Waals surface area contributed by atoms with E-state index < -0.39 is 10.0 Å². The Bertz CT molecular complexity index is 754. The molecule has 0 saturated heterocycles. The van der Waals surface area contributed by atoms with E-state index >= 15 is 0 Å². The van der Waals surface area contributed by atoms with Gasteiger partial charge >= 0.3 is 0 Å². The van der Waals surface area contributed by atoms with Crippen LogP contribution < -0.4 is 5.73 Å². The third-order valence-corrected chi connectivity index (χ3v) is 5.52. The number of benzene rings is 1. The highest BCUT2D eigenvalue weighted by Gasteiger charge is 2.30. The van der Waals surface area contributed by atoms with E-state index in [0.29, 0.717) is 29.1 Å². The van der Waals surface area contributed by atoms with Crippen molar-refractivity contribution in [2.24, 2.45) is 5.92 Å². The second kappa shape index (κ2) is 4.71. The maximum atomic E-state index is 12.7. The molecule has 3 rings (SSSR count). The molecule has 2 N–H and O–H groups in total. The molecule has 0 amide bonds. The summed E-state index contributed by atoms with van der Waals surface area (Å²) in [6.45, 7) is 0.570. The van der Waals surface area contributed by atoms with Gasteiger partial charge in [0.05, 0.1) is 5.52 Å². The molecule has 106 valence electrons. The van der Waals surface area contributed by atoms with Gasteiger partial charge in [-0.15, -0.1) is 0 Å². The maximum Gasteiger partial charge on any atom is 0.244 e. The summed E-state index contributed by atoms with van der Waals surface area (Å²) >= 11 is 0. The number of rotatable bonds is 4. The van der Waals surface area contributed by atoms with Gasteiger partial charge in [0.25, 0.3) is 0 Å². The molecule has 6 heteroatoms. The van der Waals surface area contributed by atoms with E-state index in [1.807, 2.05) is 0 Å². The maximum absolute atomic E-state index is 12.7. The van der Waals surface area contributed by atoms with E-state index in [0.717, 1.165) is 12.8 Å². The van der Waals surface area contributed by atoms with Crippen molar-refractivity contribution in [2.75, 3.05) is 19.3 Å². The molecule has 0 unspecified atom stereocenters. The van der Waals surface area contributed by atoms with Crippen molar-refractivity contribution in [3.8, 4) is 0 Å². The highest BCUT2D eigenvalue weighted by atomic mass is 32.2. The minimum absolute atomic E-state index is 0.227. The monoisotopic (exact) mass is 291 g/mol. The second-order valence-electron chi connectivity index (χ2n) is 5.28. The zero-order valence-electron chi connectivity index (χ0n) is 11.3. The van der Waals surface area contributed by atoms with Crippen molar-refractivity contribution in [2.45, 2.75) is 17.7 Å². The van der Waals surface area contributed by atoms with E-state index in [1.54, 1.807) is 37.5 Å². The summed E-state index contributed by atoms with van der Waals surface area (Å²) < 4.78 is 26.8. The molecular formula is C14H17N3O2S. The number of anilines is 1. The normalized spacial score (nSPS) is 15.9. The predicted octanol–water partition coefficient (Wildman–Crippen LogP) is 1.85. The van der Waals surface area contributed by atoms with Crippen LogP contribution >= 0.6 is 0 Å². The first-order chi connectivity index (χ1) is 9.50. The van der Waals surface area contributed by atoms with E-state index in [-0.39, 0.29) is 4.90 Å². The highest BCUT2D eigenvalue weighted by Crippen LogP contribution is 2.32. The highest BCUT2D eigenvalue weighted by molar-refractivity contribution is 7.89. The molecule has 0 aliphatic heterocycles. The average molecular weight is 291 g/mol. The van der Waals surface area contributed by atoms with Crippen LogP contribution in [0, 0.1) is 5.92 Å². The Hall–Kier alpha value is -1.66. The van der Waals surface area contributed by atoms with Crippen molar-refractivity contribution in [3.05, 3.63) is 30.5 Å². The third-order valence-electron chi connectivity index (χ3n) is 3.67. The van der Waals surface area contributed by atoms with E-state index in [9.17, 15) is 8.42 Å². The number of fused-ring (bicyclic) bond motifs is 1. The molecular weight excluding hydrogens is 274 g/mol. The van der Waals surface area contributed by atoms with Crippen LogP contribution in [0.2, 0.25) is 0 Å². The SMILES string of the molecule is CN(CC1CC1)S(=O)(=O)c1ccc(N)c2cccnc12. The number of sulfonamides is 1. The molecule has 0 bridgehead atoms. The number of nitrogens with two attached hydrogens (primary N) is 1. The number of aromatic nitrogens is 1. The Kier molecular flexibility index (Phi) is 3.14. The summed E-state index contributed by atoms with van der Waals surface area (Å²) in [4.78, 5) is 4.43. The lowest BCUT2D eigenvalue weighted by atomic mass is 10.2. The molecule has 0 spiro atoms. The lowest BCUT2D eigenvalue weighted by Crippen LogP contribution is -2.29. The largest absolute Gasteiger partial charge is 0.398 e. The number of hydrogen-bond donors (Lipinski definition) is 1. The van der Waals surface area contributed by atoms with E-state index in [2.05, 4.69) is 4.98 Å². The third kappa shape index (κ3) is 2.25. The first-order valence-electron chi connectivity index (χ1n) is 6.59. The van der Waals surface area contributed by atoms with Crippen molar-refractivity contribution in [1.29, 1.82) is 0 Å². The van der Waals surface area contributed by atoms with E-state index in [4.69, 9.17) is 5.73 Å². The molecule has 1 saturated carbocycles. The number of nitrogens with zero attached hydrogens (tertiary/aromatic N) is 2. The first kappa shape index (κ1) is 13.3. The minimum atomic E-state index is -3.52. The molecule has 1 heterocycles. The fourth-order valence-corrected chi connectivity index (χ4v) is 3.70. The Morgan fingerprint density at radius 1 is 1.35 bits per heavy atom. The van der Waals surface area contributed by atoms with Crippen molar-refractivity contribution in [3.63, 3.8) is 0 Å². The van der Waals surface area contributed by atoms with Crippen molar-refractivity contribution < 1.29 is 8.42 Å². The first-order valence-corrected chi connectivity index (χ1v) is 8.03. The molecule has 1 aliphatic rings. The van der Waals surface area contributed by atoms with Gasteiger partial charge in [-0.25, -0.2) is 12.7 Å². The summed E-state index contributed by atoms with van der Waals surface area (Å²) in [6, 6.07) is 6.71. The Morgan fingerprint density at radius 2 is 2.10 bits per heavy atom. The van der Waals surface area contributed by atoms with Crippen LogP contribution in [0.5, 0.6) is 0 Å². The molecule has 1 aromatic heterocycles. The molecule has 2 aromatic rings. The molecule has 5 nitrogen and oxygen atoms in total. The van der Waals surface area contributed by atoms with Crippen molar-refractivity contribution in [1.82, 2.24) is 9.29 Å². The topological polar surface area (TPSA) is 76.3 Å². The summed E-state index contributed by atoms with van der Waals surface area (Å²) in [6.07, 6.45) is 3.81. The summed E-state index contributed by atoms with van der Waals surface area (Å²) in [5.74, 6) is 0.503. The Balaban J connectivity index is 2.11. The molecule has 1 aliphatic carbocycles. The number of pyridine rings is 1. The summed E-state index contributed by atoms with van der Waals surface area (Å²) in [5.41, 5.74) is 6.87. The van der Waals surface area contributed by atoms with Crippen LogP contribution in [0.3, 0.4) is 0 Å². The molecule has 0 atom stereocenters. The van der Waals surface area contributed by atoms with Gasteiger partial charge in [-0.1, -0.05) is 0 Å². The van der Waals surface area contributed by atoms with Gasteiger partial charge in [0.1, 0.15) is 4.90 Å². The van der Waals surface area contributed by atoms with Gasteiger partial charge in [-0.2, -0.15) is 0 Å². The van der Waals surface area contributed by atoms with Crippen LogP contribution in [-0.2, 0) is 10.0 Å². The Morgan fingerprint density at radius 3 is 2.80 bits per heavy atom.